The fourth-order valence-corrected chi connectivity index (χ4v) is 1.18. The van der Waals surface area contributed by atoms with E-state index in [0.29, 0.717) is 5.56 Å². The van der Waals surface area contributed by atoms with E-state index >= 15 is 0 Å². The normalized spacial score (nSPS) is 9.94. The van der Waals surface area contributed by atoms with Gasteiger partial charge in [0.2, 0.25) is 0 Å². The van der Waals surface area contributed by atoms with Gasteiger partial charge in [0.15, 0.2) is 12.2 Å². The molecule has 0 aliphatic carbocycles. The van der Waals surface area contributed by atoms with Crippen LogP contribution in [0.2, 0.25) is 0 Å². The number of carbonyl (C=O) groups is 2. The highest BCUT2D eigenvalue weighted by molar-refractivity contribution is 5.96. The van der Waals surface area contributed by atoms with Crippen LogP contribution in [0, 0.1) is 11.3 Å². The third-order valence-electron chi connectivity index (χ3n) is 2.04. The van der Waals surface area contributed by atoms with Gasteiger partial charge in [0.05, 0.1) is 12.7 Å². The molecule has 5 nitrogen and oxygen atoms in total. The van der Waals surface area contributed by atoms with Crippen LogP contribution in [0.25, 0.3) is 0 Å². The van der Waals surface area contributed by atoms with Crippen LogP contribution in [0.1, 0.15) is 23.2 Å². The Hall–Kier alpha value is -2.48. The molecule has 0 radical (unpaired) electrons. The van der Waals surface area contributed by atoms with Crippen molar-refractivity contribution in [3.8, 4) is 6.07 Å². The molecule has 1 amide bonds. The summed E-state index contributed by atoms with van der Waals surface area (Å²) in [7, 11) is 0. The summed E-state index contributed by atoms with van der Waals surface area (Å²) in [6, 6.07) is 10.5. The van der Waals surface area contributed by atoms with Crippen LogP contribution >= 0.6 is 0 Å². The van der Waals surface area contributed by atoms with Gasteiger partial charge in [-0.05, 0) is 0 Å². The van der Waals surface area contributed by atoms with E-state index in [0.717, 1.165) is 6.40 Å². The zero-order valence-electron chi connectivity index (χ0n) is 9.70. The Morgan fingerprint density at radius 3 is 2.72 bits per heavy atom. The molecule has 1 aromatic carbocycles. The minimum atomic E-state index is -0.563. The quantitative estimate of drug-likeness (QED) is 0.330. The number of benzene rings is 1. The molecule has 0 aliphatic rings. The molecular formula is C13H12N2O3. The molecule has 0 saturated heterocycles. The number of nitriles is 1. The molecule has 92 valence electrons. The second-order valence-corrected chi connectivity index (χ2v) is 3.37. The maximum Gasteiger partial charge on any atom is 0.262 e. The molecule has 18 heavy (non-hydrogen) atoms. The molecule has 0 heterocycles. The Morgan fingerprint density at radius 1 is 1.33 bits per heavy atom. The fourth-order valence-electron chi connectivity index (χ4n) is 1.18. The van der Waals surface area contributed by atoms with Crippen molar-refractivity contribution in [1.82, 2.24) is 0 Å². The third-order valence-corrected chi connectivity index (χ3v) is 2.04. The highest BCUT2D eigenvalue weighted by atomic mass is 16.5. The first kappa shape index (κ1) is 13.6. The number of aliphatic imine (C=N–C) groups is 1. The van der Waals surface area contributed by atoms with Gasteiger partial charge < -0.3 is 4.74 Å². The fraction of sp³-hybridized carbons (Fsp3) is 0.231. The van der Waals surface area contributed by atoms with E-state index in [1.807, 2.05) is 6.07 Å². The smallest absolute Gasteiger partial charge is 0.262 e. The topological polar surface area (TPSA) is 79.5 Å². The van der Waals surface area contributed by atoms with E-state index in [-0.39, 0.29) is 25.2 Å². The molecule has 0 spiro atoms. The summed E-state index contributed by atoms with van der Waals surface area (Å²) >= 11 is 0. The summed E-state index contributed by atoms with van der Waals surface area (Å²) in [5, 5.41) is 8.21. The molecule has 0 fully saturated rings. The van der Waals surface area contributed by atoms with E-state index in [2.05, 4.69) is 4.99 Å². The van der Waals surface area contributed by atoms with Crippen LogP contribution in [0.15, 0.2) is 35.3 Å². The predicted molar refractivity (Wildman–Crippen MR) is 65.1 cm³/mol. The monoisotopic (exact) mass is 244 g/mol. The van der Waals surface area contributed by atoms with Crippen molar-refractivity contribution in [2.75, 3.05) is 6.61 Å². The molecule has 0 bridgehead atoms. The van der Waals surface area contributed by atoms with Crippen molar-refractivity contribution in [2.24, 2.45) is 4.99 Å². The van der Waals surface area contributed by atoms with Crippen LogP contribution in [0.3, 0.4) is 0 Å². The number of hydrogen-bond acceptors (Lipinski definition) is 4. The molecule has 0 N–H and O–H groups in total. The van der Waals surface area contributed by atoms with Crippen LogP contribution in [-0.2, 0) is 9.53 Å². The second kappa shape index (κ2) is 7.74. The Kier molecular flexibility index (Phi) is 5.84. The highest BCUT2D eigenvalue weighted by Gasteiger charge is 2.04. The number of carbonyl (C=O) groups excluding carboxylic acids is 2. The van der Waals surface area contributed by atoms with Crippen LogP contribution < -0.4 is 0 Å². The lowest BCUT2D eigenvalue weighted by Gasteiger charge is -2.00. The zero-order chi connectivity index (χ0) is 13.2. The minimum absolute atomic E-state index is 0.0349. The first-order valence-electron chi connectivity index (χ1n) is 5.36. The van der Waals surface area contributed by atoms with E-state index < -0.39 is 5.91 Å². The molecule has 0 atom stereocenters. The van der Waals surface area contributed by atoms with Crippen molar-refractivity contribution in [1.29, 1.82) is 5.26 Å². The van der Waals surface area contributed by atoms with Gasteiger partial charge in [0.25, 0.3) is 5.91 Å². The number of ketones is 1. The maximum atomic E-state index is 11.6. The Balaban J connectivity index is 2.25. The van der Waals surface area contributed by atoms with Gasteiger partial charge in [-0.3, -0.25) is 9.59 Å². The Bertz CT molecular complexity index is 475. The van der Waals surface area contributed by atoms with Crippen molar-refractivity contribution in [2.45, 2.75) is 12.8 Å². The molecule has 5 heteroatoms. The standard InChI is InChI=1S/C13H12N2O3/c14-8-6-13(17)15-10-18-9-7-12(16)11-4-2-1-3-5-11/h1-5,10H,6-7,9H2. The van der Waals surface area contributed by atoms with E-state index in [4.69, 9.17) is 10.00 Å². The number of ether oxygens (including phenoxy) is 1. The molecule has 0 aliphatic heterocycles. The predicted octanol–water partition coefficient (Wildman–Crippen LogP) is 1.74. The van der Waals surface area contributed by atoms with Gasteiger partial charge in [-0.15, -0.1) is 0 Å². The van der Waals surface area contributed by atoms with Crippen LogP contribution in [-0.4, -0.2) is 24.7 Å². The summed E-state index contributed by atoms with van der Waals surface area (Å²) in [6.07, 6.45) is 0.906. The number of rotatable bonds is 6. The second-order valence-electron chi connectivity index (χ2n) is 3.37. The van der Waals surface area contributed by atoms with Crippen LogP contribution in [0.5, 0.6) is 0 Å². The van der Waals surface area contributed by atoms with Gasteiger partial charge in [-0.1, -0.05) is 30.3 Å². The molecule has 1 rings (SSSR count). The summed E-state index contributed by atoms with van der Waals surface area (Å²) in [4.78, 5) is 25.8. The molecular weight excluding hydrogens is 232 g/mol. The number of hydrogen-bond donors (Lipinski definition) is 0. The van der Waals surface area contributed by atoms with Gasteiger partial charge in [-0.25, -0.2) is 0 Å². The van der Waals surface area contributed by atoms with Crippen molar-refractivity contribution in [3.63, 3.8) is 0 Å². The first-order chi connectivity index (χ1) is 8.74. The maximum absolute atomic E-state index is 11.6. The molecule has 0 unspecified atom stereocenters. The van der Waals surface area contributed by atoms with E-state index in [1.54, 1.807) is 30.3 Å². The van der Waals surface area contributed by atoms with Crippen molar-refractivity contribution in [3.05, 3.63) is 35.9 Å². The highest BCUT2D eigenvalue weighted by Crippen LogP contribution is 2.02. The lowest BCUT2D eigenvalue weighted by atomic mass is 10.1. The van der Waals surface area contributed by atoms with Gasteiger partial charge in [-0.2, -0.15) is 10.3 Å². The lowest BCUT2D eigenvalue weighted by Crippen LogP contribution is -2.04. The SMILES string of the molecule is N#CCC(=O)N=COCCC(=O)c1ccccc1. The van der Waals surface area contributed by atoms with E-state index in [1.165, 1.54) is 0 Å². The van der Waals surface area contributed by atoms with Gasteiger partial charge >= 0.3 is 0 Å². The lowest BCUT2D eigenvalue weighted by molar-refractivity contribution is -0.116. The van der Waals surface area contributed by atoms with E-state index in [9.17, 15) is 9.59 Å². The molecule has 0 aromatic heterocycles. The Morgan fingerprint density at radius 2 is 2.06 bits per heavy atom. The number of amides is 1. The van der Waals surface area contributed by atoms with Crippen molar-refractivity contribution >= 4 is 18.1 Å². The Labute approximate surface area is 105 Å². The average Bonchev–Trinajstić information content (AvgIpc) is 2.39. The third kappa shape index (κ3) is 5.03. The number of Topliss-reactive ketones (excluding diaryl/α,β-unsaturated/α-hetero) is 1. The molecule has 0 saturated carbocycles. The summed E-state index contributed by atoms with van der Waals surface area (Å²) in [5.74, 6) is -0.598. The summed E-state index contributed by atoms with van der Waals surface area (Å²) in [5.41, 5.74) is 0.624. The minimum Gasteiger partial charge on any atom is -0.483 e. The summed E-state index contributed by atoms with van der Waals surface area (Å²) < 4.78 is 4.90. The largest absolute Gasteiger partial charge is 0.483 e. The van der Waals surface area contributed by atoms with Gasteiger partial charge in [0.1, 0.15) is 6.42 Å². The first-order valence-corrected chi connectivity index (χ1v) is 5.36. The molecule has 1 aromatic rings. The zero-order valence-corrected chi connectivity index (χ0v) is 9.70. The van der Waals surface area contributed by atoms with Crippen LogP contribution in [0.4, 0.5) is 0 Å². The van der Waals surface area contributed by atoms with Gasteiger partial charge in [0, 0.05) is 12.0 Å². The van der Waals surface area contributed by atoms with Crippen molar-refractivity contribution < 1.29 is 14.3 Å². The average molecular weight is 244 g/mol. The number of nitrogens with zero attached hydrogens (tertiary/aromatic N) is 2. The summed E-state index contributed by atoms with van der Waals surface area (Å²) in [6.45, 7) is 0.150.